The molecule has 1 aromatic rings. The van der Waals surface area contributed by atoms with Crippen LogP contribution in [-0.4, -0.2) is 24.2 Å². The van der Waals surface area contributed by atoms with Crippen LogP contribution in [0.25, 0.3) is 0 Å². The van der Waals surface area contributed by atoms with Gasteiger partial charge in [0.15, 0.2) is 0 Å². The lowest BCUT2D eigenvalue weighted by Crippen LogP contribution is -2.22. The first-order valence-electron chi connectivity index (χ1n) is 6.02. The van der Waals surface area contributed by atoms with E-state index < -0.39 is 0 Å². The summed E-state index contributed by atoms with van der Waals surface area (Å²) in [5.41, 5.74) is 1.02. The van der Waals surface area contributed by atoms with Crippen molar-refractivity contribution in [1.82, 2.24) is 10.3 Å². The molecule has 0 amide bonds. The Labute approximate surface area is 98.2 Å². The quantitative estimate of drug-likeness (QED) is 0.720. The molecule has 0 aliphatic heterocycles. The zero-order valence-corrected chi connectivity index (χ0v) is 10.5. The van der Waals surface area contributed by atoms with Crippen LogP contribution in [0.1, 0.15) is 32.4 Å². The third-order valence-corrected chi connectivity index (χ3v) is 2.38. The molecule has 3 heteroatoms. The van der Waals surface area contributed by atoms with Crippen molar-refractivity contribution in [1.29, 1.82) is 0 Å². The van der Waals surface area contributed by atoms with E-state index in [1.54, 1.807) is 6.20 Å². The van der Waals surface area contributed by atoms with Gasteiger partial charge in [0.1, 0.15) is 5.75 Å². The van der Waals surface area contributed by atoms with Gasteiger partial charge in [-0.05, 0) is 51.9 Å². The fraction of sp³-hybridized carbons (Fsp3) is 0.615. The minimum absolute atomic E-state index is 0.230. The highest BCUT2D eigenvalue weighted by Crippen LogP contribution is 2.11. The molecule has 1 heterocycles. The van der Waals surface area contributed by atoms with Gasteiger partial charge in [-0.15, -0.1) is 0 Å². The Morgan fingerprint density at radius 3 is 2.81 bits per heavy atom. The van der Waals surface area contributed by atoms with E-state index in [1.165, 1.54) is 6.42 Å². The Hall–Kier alpha value is -1.09. The average molecular weight is 222 g/mol. The van der Waals surface area contributed by atoms with E-state index in [0.717, 1.165) is 31.0 Å². The molecule has 90 valence electrons. The maximum absolute atomic E-state index is 5.75. The molecular formula is C13H22N2O. The summed E-state index contributed by atoms with van der Waals surface area (Å²) in [6.07, 6.45) is 4.21. The van der Waals surface area contributed by atoms with Crippen LogP contribution in [0.5, 0.6) is 5.75 Å². The molecule has 0 fully saturated rings. The van der Waals surface area contributed by atoms with Gasteiger partial charge >= 0.3 is 0 Å². The molecule has 3 nitrogen and oxygen atoms in total. The van der Waals surface area contributed by atoms with Crippen molar-refractivity contribution in [2.24, 2.45) is 0 Å². The fourth-order valence-electron chi connectivity index (χ4n) is 1.42. The van der Waals surface area contributed by atoms with Crippen LogP contribution in [0.15, 0.2) is 18.3 Å². The molecule has 1 unspecified atom stereocenters. The van der Waals surface area contributed by atoms with E-state index in [2.05, 4.69) is 24.1 Å². The van der Waals surface area contributed by atoms with Crippen LogP contribution in [0, 0.1) is 6.92 Å². The van der Waals surface area contributed by atoms with Gasteiger partial charge in [0, 0.05) is 5.69 Å². The number of nitrogens with zero attached hydrogens (tertiary/aromatic N) is 1. The third-order valence-electron chi connectivity index (χ3n) is 2.38. The molecule has 0 bridgehead atoms. The Morgan fingerprint density at radius 1 is 1.38 bits per heavy atom. The average Bonchev–Trinajstić information content (AvgIpc) is 2.28. The van der Waals surface area contributed by atoms with Crippen LogP contribution >= 0.6 is 0 Å². The normalized spacial score (nSPS) is 12.4. The van der Waals surface area contributed by atoms with Gasteiger partial charge in [-0.3, -0.25) is 4.98 Å². The second kappa shape index (κ2) is 7.23. The Kier molecular flexibility index (Phi) is 5.86. The lowest BCUT2D eigenvalue weighted by molar-refractivity contribution is 0.209. The summed E-state index contributed by atoms with van der Waals surface area (Å²) >= 11 is 0. The largest absolute Gasteiger partial charge is 0.489 e. The zero-order valence-electron chi connectivity index (χ0n) is 10.5. The van der Waals surface area contributed by atoms with Gasteiger partial charge in [-0.1, -0.05) is 6.92 Å². The van der Waals surface area contributed by atoms with Gasteiger partial charge in [0.25, 0.3) is 0 Å². The molecule has 0 aromatic carbocycles. The molecule has 0 aliphatic rings. The lowest BCUT2D eigenvalue weighted by Gasteiger charge is -2.14. The maximum Gasteiger partial charge on any atom is 0.138 e. The predicted octanol–water partition coefficient (Wildman–Crippen LogP) is 2.55. The van der Waals surface area contributed by atoms with Crippen molar-refractivity contribution in [2.45, 2.75) is 39.7 Å². The van der Waals surface area contributed by atoms with Crippen LogP contribution < -0.4 is 10.1 Å². The van der Waals surface area contributed by atoms with Crippen molar-refractivity contribution in [3.8, 4) is 5.75 Å². The van der Waals surface area contributed by atoms with Crippen molar-refractivity contribution >= 4 is 0 Å². The van der Waals surface area contributed by atoms with Gasteiger partial charge < -0.3 is 10.1 Å². The third kappa shape index (κ3) is 5.12. The van der Waals surface area contributed by atoms with E-state index >= 15 is 0 Å². The van der Waals surface area contributed by atoms with E-state index in [1.807, 2.05) is 19.1 Å². The summed E-state index contributed by atoms with van der Waals surface area (Å²) in [7, 11) is 0. The van der Waals surface area contributed by atoms with E-state index in [4.69, 9.17) is 4.74 Å². The molecule has 0 spiro atoms. The van der Waals surface area contributed by atoms with Crippen molar-refractivity contribution in [3.05, 3.63) is 24.0 Å². The first-order chi connectivity index (χ1) is 7.72. The Bertz CT molecular complexity index is 284. The molecule has 0 aliphatic carbocycles. The SMILES string of the molecule is CCCNCCC(C)Oc1ccc(C)nc1. The smallest absolute Gasteiger partial charge is 0.138 e. The summed E-state index contributed by atoms with van der Waals surface area (Å²) < 4.78 is 5.75. The van der Waals surface area contributed by atoms with Crippen LogP contribution in [0.4, 0.5) is 0 Å². The topological polar surface area (TPSA) is 34.1 Å². The summed E-state index contributed by atoms with van der Waals surface area (Å²) in [6, 6.07) is 3.94. The molecule has 0 saturated carbocycles. The number of pyridine rings is 1. The molecule has 1 atom stereocenters. The van der Waals surface area contributed by atoms with Crippen LogP contribution in [0.2, 0.25) is 0 Å². The number of aromatic nitrogens is 1. The highest BCUT2D eigenvalue weighted by molar-refractivity contribution is 5.19. The van der Waals surface area contributed by atoms with E-state index in [9.17, 15) is 0 Å². The number of nitrogens with one attached hydrogen (secondary N) is 1. The van der Waals surface area contributed by atoms with E-state index in [0.29, 0.717) is 0 Å². The van der Waals surface area contributed by atoms with Crippen molar-refractivity contribution < 1.29 is 4.74 Å². The van der Waals surface area contributed by atoms with Gasteiger partial charge in [-0.2, -0.15) is 0 Å². The molecule has 1 N–H and O–H groups in total. The van der Waals surface area contributed by atoms with Crippen molar-refractivity contribution in [2.75, 3.05) is 13.1 Å². The molecule has 0 saturated heterocycles. The molecule has 1 rings (SSSR count). The van der Waals surface area contributed by atoms with Gasteiger partial charge in [0.05, 0.1) is 12.3 Å². The summed E-state index contributed by atoms with van der Waals surface area (Å²) in [5.74, 6) is 0.855. The summed E-state index contributed by atoms with van der Waals surface area (Å²) in [6.45, 7) is 8.33. The van der Waals surface area contributed by atoms with Crippen LogP contribution in [-0.2, 0) is 0 Å². The van der Waals surface area contributed by atoms with Crippen LogP contribution in [0.3, 0.4) is 0 Å². The first-order valence-corrected chi connectivity index (χ1v) is 6.02. The number of rotatable bonds is 7. The molecule has 16 heavy (non-hydrogen) atoms. The number of ether oxygens (including phenoxy) is 1. The maximum atomic E-state index is 5.75. The number of hydrogen-bond acceptors (Lipinski definition) is 3. The Morgan fingerprint density at radius 2 is 2.19 bits per heavy atom. The first kappa shape index (κ1) is 13.0. The highest BCUT2D eigenvalue weighted by Gasteiger charge is 2.03. The number of hydrogen-bond donors (Lipinski definition) is 1. The van der Waals surface area contributed by atoms with E-state index in [-0.39, 0.29) is 6.10 Å². The number of aryl methyl sites for hydroxylation is 1. The summed E-state index contributed by atoms with van der Waals surface area (Å²) in [4.78, 5) is 4.20. The van der Waals surface area contributed by atoms with Gasteiger partial charge in [0.2, 0.25) is 0 Å². The Balaban J connectivity index is 2.23. The monoisotopic (exact) mass is 222 g/mol. The van der Waals surface area contributed by atoms with Gasteiger partial charge in [-0.25, -0.2) is 0 Å². The molecule has 0 radical (unpaired) electrons. The molecule has 1 aromatic heterocycles. The molecular weight excluding hydrogens is 200 g/mol. The second-order valence-corrected chi connectivity index (χ2v) is 4.10. The standard InChI is InChI=1S/C13H22N2O/c1-4-8-14-9-7-12(3)16-13-6-5-11(2)15-10-13/h5-6,10,12,14H,4,7-9H2,1-3H3. The van der Waals surface area contributed by atoms with Crippen molar-refractivity contribution in [3.63, 3.8) is 0 Å². The zero-order chi connectivity index (χ0) is 11.8. The minimum Gasteiger partial charge on any atom is -0.489 e. The highest BCUT2D eigenvalue weighted by atomic mass is 16.5. The second-order valence-electron chi connectivity index (χ2n) is 4.10. The predicted molar refractivity (Wildman–Crippen MR) is 66.8 cm³/mol. The summed E-state index contributed by atoms with van der Waals surface area (Å²) in [5, 5.41) is 3.37. The lowest BCUT2D eigenvalue weighted by atomic mass is 10.2. The minimum atomic E-state index is 0.230. The fourth-order valence-corrected chi connectivity index (χ4v) is 1.42.